The van der Waals surface area contributed by atoms with Gasteiger partial charge in [-0.1, -0.05) is 18.2 Å². The van der Waals surface area contributed by atoms with Gasteiger partial charge in [-0.05, 0) is 30.0 Å². The maximum absolute atomic E-state index is 11.8. The fourth-order valence-electron chi connectivity index (χ4n) is 1.52. The molecule has 0 aliphatic heterocycles. The quantitative estimate of drug-likeness (QED) is 0.666. The lowest BCUT2D eigenvalue weighted by molar-refractivity contribution is -0.113. The molecule has 18 heavy (non-hydrogen) atoms. The summed E-state index contributed by atoms with van der Waals surface area (Å²) in [7, 11) is 0. The average molecular weight is 278 g/mol. The number of carbonyl (C=O) groups is 1. The monoisotopic (exact) mass is 278 g/mol. The van der Waals surface area contributed by atoms with Gasteiger partial charge in [-0.15, -0.1) is 23.1 Å². The third kappa shape index (κ3) is 3.27. The molecular formula is C13H14N2OS2. The van der Waals surface area contributed by atoms with Crippen molar-refractivity contribution >= 4 is 40.4 Å². The van der Waals surface area contributed by atoms with Gasteiger partial charge in [0.05, 0.1) is 21.3 Å². The number of nitrogens with one attached hydrogen (secondary N) is 1. The minimum atomic E-state index is -0.0330. The summed E-state index contributed by atoms with van der Waals surface area (Å²) in [5.41, 5.74) is 8.14. The molecule has 0 saturated carbocycles. The molecule has 5 heteroatoms. The highest BCUT2D eigenvalue weighted by Crippen LogP contribution is 2.25. The molecule has 0 aliphatic carbocycles. The number of hydrogen-bond acceptors (Lipinski definition) is 4. The van der Waals surface area contributed by atoms with E-state index in [1.54, 1.807) is 17.4 Å². The third-order valence-electron chi connectivity index (χ3n) is 2.41. The van der Waals surface area contributed by atoms with E-state index in [-0.39, 0.29) is 5.91 Å². The summed E-state index contributed by atoms with van der Waals surface area (Å²) in [6.45, 7) is 1.93. The molecule has 0 bridgehead atoms. The van der Waals surface area contributed by atoms with Gasteiger partial charge in [0.15, 0.2) is 0 Å². The van der Waals surface area contributed by atoms with Crippen LogP contribution in [0.25, 0.3) is 0 Å². The predicted molar refractivity (Wildman–Crippen MR) is 79.3 cm³/mol. The molecule has 3 N–H and O–H groups in total. The molecule has 0 saturated heterocycles. The van der Waals surface area contributed by atoms with Crippen LogP contribution in [0.15, 0.2) is 39.9 Å². The van der Waals surface area contributed by atoms with E-state index in [2.05, 4.69) is 5.32 Å². The molecule has 0 aliphatic rings. The molecule has 1 amide bonds. The lowest BCUT2D eigenvalue weighted by atomic mass is 10.1. The number of benzene rings is 1. The summed E-state index contributed by atoms with van der Waals surface area (Å²) in [6, 6.07) is 9.57. The maximum Gasteiger partial charge on any atom is 0.234 e. The van der Waals surface area contributed by atoms with Gasteiger partial charge in [0.2, 0.25) is 5.91 Å². The molecule has 0 unspecified atom stereocenters. The number of aryl methyl sites for hydroxylation is 1. The molecule has 2 rings (SSSR count). The molecule has 2 aromatic rings. The Balaban J connectivity index is 1.95. The molecular weight excluding hydrogens is 264 g/mol. The Morgan fingerprint density at radius 3 is 2.89 bits per heavy atom. The molecule has 0 radical (unpaired) electrons. The van der Waals surface area contributed by atoms with Crippen molar-refractivity contribution in [2.45, 2.75) is 11.1 Å². The van der Waals surface area contributed by atoms with Gasteiger partial charge in [-0.2, -0.15) is 0 Å². The first kappa shape index (κ1) is 13.0. The number of amides is 1. The zero-order valence-electron chi connectivity index (χ0n) is 9.97. The van der Waals surface area contributed by atoms with Crippen LogP contribution in [0.1, 0.15) is 5.56 Å². The highest BCUT2D eigenvalue weighted by molar-refractivity contribution is 8.01. The Morgan fingerprint density at radius 1 is 1.39 bits per heavy atom. The summed E-state index contributed by atoms with van der Waals surface area (Å²) in [5, 5.41) is 4.86. The summed E-state index contributed by atoms with van der Waals surface area (Å²) < 4.78 is 1.14. The van der Waals surface area contributed by atoms with Crippen LogP contribution in [0.2, 0.25) is 0 Å². The first-order chi connectivity index (χ1) is 8.66. The van der Waals surface area contributed by atoms with Crippen molar-refractivity contribution < 1.29 is 4.79 Å². The minimum Gasteiger partial charge on any atom is -0.397 e. The lowest BCUT2D eigenvalue weighted by Gasteiger charge is -2.10. The van der Waals surface area contributed by atoms with Crippen LogP contribution in [0.3, 0.4) is 0 Å². The van der Waals surface area contributed by atoms with Gasteiger partial charge in [0, 0.05) is 0 Å². The highest BCUT2D eigenvalue weighted by Gasteiger charge is 2.08. The summed E-state index contributed by atoms with van der Waals surface area (Å²) in [5.74, 6) is 0.364. The van der Waals surface area contributed by atoms with Gasteiger partial charge in [0.25, 0.3) is 0 Å². The number of thioether (sulfide) groups is 1. The van der Waals surface area contributed by atoms with Crippen LogP contribution in [0, 0.1) is 6.92 Å². The standard InChI is InChI=1S/C13H14N2OS2/c1-9-4-2-5-10(14)13(9)15-11(16)8-18-12-6-3-7-17-12/h2-7H,8,14H2,1H3,(H,15,16). The van der Waals surface area contributed by atoms with Crippen LogP contribution in [-0.4, -0.2) is 11.7 Å². The SMILES string of the molecule is Cc1cccc(N)c1NC(=O)CSc1cccs1. The number of rotatable bonds is 4. The largest absolute Gasteiger partial charge is 0.397 e. The van der Waals surface area contributed by atoms with Crippen molar-refractivity contribution in [3.05, 3.63) is 41.3 Å². The van der Waals surface area contributed by atoms with Crippen molar-refractivity contribution in [3.8, 4) is 0 Å². The Bertz CT molecular complexity index is 518. The van der Waals surface area contributed by atoms with E-state index < -0.39 is 0 Å². The van der Waals surface area contributed by atoms with Crippen molar-refractivity contribution in [2.75, 3.05) is 16.8 Å². The normalized spacial score (nSPS) is 10.3. The topological polar surface area (TPSA) is 55.1 Å². The van der Waals surface area contributed by atoms with Gasteiger partial charge < -0.3 is 11.1 Å². The van der Waals surface area contributed by atoms with E-state index in [1.807, 2.05) is 36.6 Å². The minimum absolute atomic E-state index is 0.0330. The zero-order chi connectivity index (χ0) is 13.0. The maximum atomic E-state index is 11.8. The molecule has 3 nitrogen and oxygen atoms in total. The number of carbonyl (C=O) groups excluding carboxylic acids is 1. The number of nitrogens with two attached hydrogens (primary N) is 1. The second kappa shape index (κ2) is 5.93. The van der Waals surface area contributed by atoms with Crippen LogP contribution in [0.5, 0.6) is 0 Å². The second-order valence-electron chi connectivity index (χ2n) is 3.81. The Kier molecular flexibility index (Phi) is 4.28. The summed E-state index contributed by atoms with van der Waals surface area (Å²) in [6.07, 6.45) is 0. The molecule has 1 heterocycles. The van der Waals surface area contributed by atoms with E-state index in [9.17, 15) is 4.79 Å². The number of hydrogen-bond donors (Lipinski definition) is 2. The van der Waals surface area contributed by atoms with E-state index in [1.165, 1.54) is 11.8 Å². The molecule has 94 valence electrons. The third-order valence-corrected chi connectivity index (χ3v) is 4.54. The van der Waals surface area contributed by atoms with Crippen LogP contribution >= 0.6 is 23.1 Å². The Hall–Kier alpha value is -1.46. The van der Waals surface area contributed by atoms with E-state index in [0.29, 0.717) is 17.1 Å². The van der Waals surface area contributed by atoms with Crippen LogP contribution in [-0.2, 0) is 4.79 Å². The Morgan fingerprint density at radius 2 is 2.22 bits per heavy atom. The van der Waals surface area contributed by atoms with E-state index in [4.69, 9.17) is 5.73 Å². The van der Waals surface area contributed by atoms with Gasteiger partial charge >= 0.3 is 0 Å². The molecule has 0 atom stereocenters. The second-order valence-corrected chi connectivity index (χ2v) is 6.03. The molecule has 1 aromatic carbocycles. The van der Waals surface area contributed by atoms with Gasteiger partial charge in [-0.3, -0.25) is 4.79 Å². The van der Waals surface area contributed by atoms with Crippen molar-refractivity contribution in [2.24, 2.45) is 0 Å². The summed E-state index contributed by atoms with van der Waals surface area (Å²) >= 11 is 3.17. The van der Waals surface area contributed by atoms with Crippen molar-refractivity contribution in [1.29, 1.82) is 0 Å². The zero-order valence-corrected chi connectivity index (χ0v) is 11.6. The highest BCUT2D eigenvalue weighted by atomic mass is 32.2. The first-order valence-electron chi connectivity index (χ1n) is 5.48. The molecule has 1 aromatic heterocycles. The van der Waals surface area contributed by atoms with Gasteiger partial charge in [-0.25, -0.2) is 0 Å². The van der Waals surface area contributed by atoms with Crippen molar-refractivity contribution in [3.63, 3.8) is 0 Å². The fraction of sp³-hybridized carbons (Fsp3) is 0.154. The first-order valence-corrected chi connectivity index (χ1v) is 7.34. The smallest absolute Gasteiger partial charge is 0.234 e. The average Bonchev–Trinajstić information content (AvgIpc) is 2.84. The van der Waals surface area contributed by atoms with Crippen molar-refractivity contribution in [1.82, 2.24) is 0 Å². The molecule has 0 fully saturated rings. The van der Waals surface area contributed by atoms with Crippen LogP contribution in [0.4, 0.5) is 11.4 Å². The van der Waals surface area contributed by atoms with Gasteiger partial charge in [0.1, 0.15) is 0 Å². The summed E-state index contributed by atoms with van der Waals surface area (Å²) in [4.78, 5) is 11.8. The number of thiophene rings is 1. The van der Waals surface area contributed by atoms with E-state index in [0.717, 1.165) is 9.77 Å². The lowest BCUT2D eigenvalue weighted by Crippen LogP contribution is -2.15. The Labute approximate surface area is 114 Å². The molecule has 0 spiro atoms. The number of anilines is 2. The number of nitrogen functional groups attached to an aromatic ring is 1. The predicted octanol–water partition coefficient (Wildman–Crippen LogP) is 3.37. The van der Waals surface area contributed by atoms with E-state index >= 15 is 0 Å². The number of para-hydroxylation sites is 1. The van der Waals surface area contributed by atoms with Crippen LogP contribution < -0.4 is 11.1 Å². The fourth-order valence-corrected chi connectivity index (χ4v) is 3.10.